The highest BCUT2D eigenvalue weighted by atomic mass is 32.1. The summed E-state index contributed by atoms with van der Waals surface area (Å²) in [5, 5.41) is 4.31. The van der Waals surface area contributed by atoms with Crippen molar-refractivity contribution in [3.8, 4) is 9.75 Å². The van der Waals surface area contributed by atoms with Crippen LogP contribution >= 0.6 is 22.7 Å². The van der Waals surface area contributed by atoms with Gasteiger partial charge < -0.3 is 0 Å². The Bertz CT molecular complexity index is 351. The molecule has 0 radical (unpaired) electrons. The first-order valence-electron chi connectivity index (χ1n) is 3.87. The van der Waals surface area contributed by atoms with Crippen LogP contribution in [0.4, 0.5) is 0 Å². The number of thiophene rings is 2. The predicted octanol–water partition coefficient (Wildman–Crippen LogP) is -0.00660. The summed E-state index contributed by atoms with van der Waals surface area (Å²) in [7, 11) is 4.34. The van der Waals surface area contributed by atoms with Crippen molar-refractivity contribution in [2.75, 3.05) is 0 Å². The van der Waals surface area contributed by atoms with E-state index in [2.05, 4.69) is 38.6 Å². The molecule has 0 aliphatic heterocycles. The minimum atomic E-state index is 1.39. The molecule has 0 unspecified atom stereocenters. The quantitative estimate of drug-likeness (QED) is 0.555. The summed E-state index contributed by atoms with van der Waals surface area (Å²) >= 11 is 3.66. The van der Waals surface area contributed by atoms with Crippen LogP contribution in [0.1, 0.15) is 0 Å². The molecule has 0 spiro atoms. The predicted molar refractivity (Wildman–Crippen MR) is 64.0 cm³/mol. The van der Waals surface area contributed by atoms with Gasteiger partial charge in [-0.25, -0.2) is 0 Å². The van der Waals surface area contributed by atoms with Crippen LogP contribution in [-0.4, -0.2) is 15.7 Å². The molecule has 0 atom stereocenters. The van der Waals surface area contributed by atoms with Crippen molar-refractivity contribution in [3.05, 3.63) is 22.9 Å². The van der Waals surface area contributed by atoms with Gasteiger partial charge in [0, 0.05) is 9.75 Å². The highest BCUT2D eigenvalue weighted by molar-refractivity contribution is 7.22. The van der Waals surface area contributed by atoms with E-state index in [1.807, 2.05) is 22.7 Å². The molecule has 0 bridgehead atoms. The standard InChI is InChI=1S/C8H8B2S2/c9-5-1-3-11-7(5)8-6(10)2-4-12-8/h1-4H,9-10H2. The molecule has 2 aromatic rings. The molecule has 2 rings (SSSR count). The number of rotatable bonds is 1. The molecule has 0 saturated heterocycles. The lowest BCUT2D eigenvalue weighted by Crippen LogP contribution is -2.06. The van der Waals surface area contributed by atoms with E-state index in [0.29, 0.717) is 0 Å². The molecule has 4 heteroatoms. The monoisotopic (exact) mass is 190 g/mol. The van der Waals surface area contributed by atoms with E-state index in [9.17, 15) is 0 Å². The van der Waals surface area contributed by atoms with Gasteiger partial charge in [-0.1, -0.05) is 23.1 Å². The highest BCUT2D eigenvalue weighted by Crippen LogP contribution is 2.24. The second kappa shape index (κ2) is 3.11. The van der Waals surface area contributed by atoms with E-state index in [1.54, 1.807) is 0 Å². The summed E-state index contributed by atoms with van der Waals surface area (Å²) in [6.45, 7) is 0. The number of hydrogen-bond acceptors (Lipinski definition) is 2. The lowest BCUT2D eigenvalue weighted by Gasteiger charge is -1.96. The summed E-state index contributed by atoms with van der Waals surface area (Å²) in [5.74, 6) is 0. The molecule has 2 aromatic heterocycles. The van der Waals surface area contributed by atoms with Gasteiger partial charge in [0.1, 0.15) is 15.7 Å². The SMILES string of the molecule is Bc1ccsc1-c1sccc1B. The second-order valence-corrected chi connectivity index (χ2v) is 4.70. The van der Waals surface area contributed by atoms with Crippen LogP contribution in [-0.2, 0) is 0 Å². The summed E-state index contributed by atoms with van der Waals surface area (Å²) in [4.78, 5) is 2.87. The van der Waals surface area contributed by atoms with Crippen molar-refractivity contribution in [2.24, 2.45) is 0 Å². The second-order valence-electron chi connectivity index (χ2n) is 2.87. The molecule has 0 saturated carbocycles. The summed E-state index contributed by atoms with van der Waals surface area (Å²) in [6.07, 6.45) is 0. The Morgan fingerprint density at radius 2 is 1.25 bits per heavy atom. The van der Waals surface area contributed by atoms with Crippen LogP contribution in [0.5, 0.6) is 0 Å². The smallest absolute Gasteiger partial charge is 0.141 e. The third kappa shape index (κ3) is 1.25. The van der Waals surface area contributed by atoms with Crippen LogP contribution in [0, 0.1) is 0 Å². The zero-order valence-electron chi connectivity index (χ0n) is 7.13. The van der Waals surface area contributed by atoms with Gasteiger partial charge in [0.15, 0.2) is 0 Å². The third-order valence-electron chi connectivity index (χ3n) is 1.93. The van der Waals surface area contributed by atoms with Crippen LogP contribution in [0.3, 0.4) is 0 Å². The Labute approximate surface area is 82.1 Å². The molecule has 0 aliphatic rings. The molecule has 2 heterocycles. The van der Waals surface area contributed by atoms with E-state index in [0.717, 1.165) is 0 Å². The van der Waals surface area contributed by atoms with E-state index < -0.39 is 0 Å². The van der Waals surface area contributed by atoms with Crippen molar-refractivity contribution < 1.29 is 0 Å². The van der Waals surface area contributed by atoms with Gasteiger partial charge in [-0.3, -0.25) is 0 Å². The van der Waals surface area contributed by atoms with E-state index in [-0.39, 0.29) is 0 Å². The van der Waals surface area contributed by atoms with Crippen LogP contribution in [0.2, 0.25) is 0 Å². The Hall–Kier alpha value is -0.470. The fraction of sp³-hybridized carbons (Fsp3) is 0. The lowest BCUT2D eigenvalue weighted by molar-refractivity contribution is 2.07. The molecule has 12 heavy (non-hydrogen) atoms. The fourth-order valence-electron chi connectivity index (χ4n) is 1.21. The average molecular weight is 190 g/mol. The van der Waals surface area contributed by atoms with Gasteiger partial charge in [0.2, 0.25) is 0 Å². The molecule has 0 aromatic carbocycles. The molecule has 0 N–H and O–H groups in total. The zero-order chi connectivity index (χ0) is 8.55. The molecule has 0 amide bonds. The van der Waals surface area contributed by atoms with Crippen LogP contribution < -0.4 is 10.9 Å². The first-order valence-corrected chi connectivity index (χ1v) is 5.63. The van der Waals surface area contributed by atoms with Crippen molar-refractivity contribution in [3.63, 3.8) is 0 Å². The van der Waals surface area contributed by atoms with Gasteiger partial charge in [-0.2, -0.15) is 0 Å². The Kier molecular flexibility index (Phi) is 2.11. The Morgan fingerprint density at radius 3 is 1.50 bits per heavy atom. The largest absolute Gasteiger partial charge is 0.144 e. The lowest BCUT2D eigenvalue weighted by atomic mass is 9.91. The maximum atomic E-state index is 2.18. The Balaban J connectivity index is 2.57. The summed E-state index contributed by atoms with van der Waals surface area (Å²) in [5.41, 5.74) is 2.79. The molecule has 0 fully saturated rings. The maximum Gasteiger partial charge on any atom is 0.141 e. The first kappa shape index (κ1) is 8.14. The third-order valence-corrected chi connectivity index (χ3v) is 4.13. The molecule has 0 aliphatic carbocycles. The Morgan fingerprint density at radius 1 is 0.833 bits per heavy atom. The maximum absolute atomic E-state index is 2.18. The molecular weight excluding hydrogens is 182 g/mol. The van der Waals surface area contributed by atoms with E-state index >= 15 is 0 Å². The van der Waals surface area contributed by atoms with Crippen molar-refractivity contribution in [1.82, 2.24) is 0 Å². The van der Waals surface area contributed by atoms with Gasteiger partial charge in [-0.05, 0) is 10.8 Å². The normalized spacial score (nSPS) is 10.3. The van der Waals surface area contributed by atoms with Gasteiger partial charge >= 0.3 is 0 Å². The minimum absolute atomic E-state index is 1.39. The summed E-state index contributed by atoms with van der Waals surface area (Å²) < 4.78 is 0. The molecular formula is C8H8B2S2. The topological polar surface area (TPSA) is 0 Å². The van der Waals surface area contributed by atoms with Crippen molar-refractivity contribution in [2.45, 2.75) is 0 Å². The van der Waals surface area contributed by atoms with Gasteiger partial charge in [0.05, 0.1) is 0 Å². The summed E-state index contributed by atoms with van der Waals surface area (Å²) in [6, 6.07) is 4.36. The van der Waals surface area contributed by atoms with E-state index in [4.69, 9.17) is 0 Å². The van der Waals surface area contributed by atoms with Crippen LogP contribution in [0.25, 0.3) is 9.75 Å². The number of hydrogen-bond donors (Lipinski definition) is 0. The average Bonchev–Trinajstić information content (AvgIpc) is 2.59. The fourth-order valence-corrected chi connectivity index (χ4v) is 3.36. The van der Waals surface area contributed by atoms with Crippen LogP contribution in [0.15, 0.2) is 22.9 Å². The first-order chi connectivity index (χ1) is 5.79. The van der Waals surface area contributed by atoms with Crippen molar-refractivity contribution >= 4 is 49.3 Å². The van der Waals surface area contributed by atoms with Gasteiger partial charge in [-0.15, -0.1) is 22.7 Å². The van der Waals surface area contributed by atoms with Crippen molar-refractivity contribution in [1.29, 1.82) is 0 Å². The van der Waals surface area contributed by atoms with Gasteiger partial charge in [0.25, 0.3) is 0 Å². The minimum Gasteiger partial charge on any atom is -0.144 e. The highest BCUT2D eigenvalue weighted by Gasteiger charge is 2.06. The van der Waals surface area contributed by atoms with E-state index in [1.165, 1.54) is 20.7 Å². The molecule has 58 valence electrons. The molecule has 0 nitrogen and oxygen atoms in total. The zero-order valence-corrected chi connectivity index (χ0v) is 8.76.